The summed E-state index contributed by atoms with van der Waals surface area (Å²) in [6.07, 6.45) is 0.0597. The van der Waals surface area contributed by atoms with Crippen LogP contribution in [0.4, 0.5) is 5.69 Å². The second-order valence-corrected chi connectivity index (χ2v) is 7.69. The summed E-state index contributed by atoms with van der Waals surface area (Å²) < 4.78 is 16.0. The van der Waals surface area contributed by atoms with Crippen LogP contribution >= 0.6 is 0 Å². The number of amides is 1. The molecule has 28 heavy (non-hydrogen) atoms. The number of nitrogens with one attached hydrogen (secondary N) is 1. The fourth-order valence-electron chi connectivity index (χ4n) is 2.81. The standard InChI is InChI=1S/C22H25NO5/c1-22(2,3)16-5-7-17(8-6-16)23-20(24)14-28-21(25)13-15-4-9-18-19(12-15)27-11-10-26-18/h4-9,12H,10-11,13-14H2,1-3H3,(H,23,24). The molecule has 0 bridgehead atoms. The lowest BCUT2D eigenvalue weighted by Gasteiger charge is -2.19. The third-order valence-corrected chi connectivity index (χ3v) is 4.35. The number of rotatable bonds is 5. The van der Waals surface area contributed by atoms with Crippen molar-refractivity contribution in [1.82, 2.24) is 0 Å². The molecule has 0 aliphatic carbocycles. The van der Waals surface area contributed by atoms with E-state index in [0.29, 0.717) is 30.4 Å². The molecule has 1 aliphatic rings. The van der Waals surface area contributed by atoms with Gasteiger partial charge in [-0.15, -0.1) is 0 Å². The van der Waals surface area contributed by atoms with Crippen molar-refractivity contribution in [2.45, 2.75) is 32.6 Å². The summed E-state index contributed by atoms with van der Waals surface area (Å²) in [7, 11) is 0. The molecule has 6 nitrogen and oxygen atoms in total. The lowest BCUT2D eigenvalue weighted by molar-refractivity contribution is -0.146. The van der Waals surface area contributed by atoms with Crippen LogP contribution in [0.3, 0.4) is 0 Å². The van der Waals surface area contributed by atoms with E-state index in [1.165, 1.54) is 5.56 Å². The normalized spacial score (nSPS) is 13.0. The fourth-order valence-corrected chi connectivity index (χ4v) is 2.81. The number of fused-ring (bicyclic) bond motifs is 1. The molecule has 0 unspecified atom stereocenters. The molecule has 2 aromatic carbocycles. The number of anilines is 1. The van der Waals surface area contributed by atoms with Crippen molar-refractivity contribution >= 4 is 17.6 Å². The van der Waals surface area contributed by atoms with Crippen molar-refractivity contribution in [3.8, 4) is 11.5 Å². The minimum absolute atomic E-state index is 0.0475. The van der Waals surface area contributed by atoms with Crippen molar-refractivity contribution in [3.05, 3.63) is 53.6 Å². The summed E-state index contributed by atoms with van der Waals surface area (Å²) in [5.41, 5.74) is 2.64. The van der Waals surface area contributed by atoms with Gasteiger partial charge in [-0.3, -0.25) is 9.59 Å². The van der Waals surface area contributed by atoms with E-state index < -0.39 is 5.97 Å². The quantitative estimate of drug-likeness (QED) is 0.800. The minimum atomic E-state index is -0.477. The van der Waals surface area contributed by atoms with Gasteiger partial charge in [-0.05, 0) is 40.8 Å². The van der Waals surface area contributed by atoms with Crippen LogP contribution in [-0.4, -0.2) is 31.7 Å². The van der Waals surface area contributed by atoms with E-state index in [4.69, 9.17) is 14.2 Å². The van der Waals surface area contributed by atoms with Crippen LogP contribution in [0.5, 0.6) is 11.5 Å². The first kappa shape index (κ1) is 19.7. The molecule has 0 atom stereocenters. The molecule has 0 saturated heterocycles. The van der Waals surface area contributed by atoms with Crippen LogP contribution < -0.4 is 14.8 Å². The maximum atomic E-state index is 12.0. The van der Waals surface area contributed by atoms with Crippen LogP contribution in [0.15, 0.2) is 42.5 Å². The second kappa shape index (κ2) is 8.33. The Morgan fingerprint density at radius 2 is 1.68 bits per heavy atom. The van der Waals surface area contributed by atoms with Gasteiger partial charge in [0.1, 0.15) is 13.2 Å². The van der Waals surface area contributed by atoms with Crippen molar-refractivity contribution in [2.75, 3.05) is 25.1 Å². The van der Waals surface area contributed by atoms with Gasteiger partial charge in [0.05, 0.1) is 6.42 Å². The van der Waals surface area contributed by atoms with Crippen molar-refractivity contribution in [2.24, 2.45) is 0 Å². The topological polar surface area (TPSA) is 73.9 Å². The number of carbonyl (C=O) groups is 2. The maximum Gasteiger partial charge on any atom is 0.310 e. The van der Waals surface area contributed by atoms with Crippen molar-refractivity contribution in [1.29, 1.82) is 0 Å². The molecule has 1 aliphatic heterocycles. The Kier molecular flexibility index (Phi) is 5.87. The van der Waals surface area contributed by atoms with Gasteiger partial charge in [-0.2, -0.15) is 0 Å². The summed E-state index contributed by atoms with van der Waals surface area (Å²) in [6, 6.07) is 12.9. The van der Waals surface area contributed by atoms with E-state index in [0.717, 1.165) is 5.56 Å². The minimum Gasteiger partial charge on any atom is -0.486 e. The fraction of sp³-hybridized carbons (Fsp3) is 0.364. The number of hydrogen-bond acceptors (Lipinski definition) is 5. The molecule has 0 spiro atoms. The monoisotopic (exact) mass is 383 g/mol. The molecule has 3 rings (SSSR count). The Morgan fingerprint density at radius 1 is 1.00 bits per heavy atom. The van der Waals surface area contributed by atoms with Crippen molar-refractivity contribution < 1.29 is 23.8 Å². The highest BCUT2D eigenvalue weighted by Gasteiger charge is 2.15. The third-order valence-electron chi connectivity index (χ3n) is 4.35. The van der Waals surface area contributed by atoms with Gasteiger partial charge in [-0.1, -0.05) is 39.0 Å². The molecule has 148 valence electrons. The molecule has 2 aromatic rings. The van der Waals surface area contributed by atoms with E-state index in [1.807, 2.05) is 24.3 Å². The predicted molar refractivity (Wildman–Crippen MR) is 106 cm³/mol. The summed E-state index contributed by atoms with van der Waals surface area (Å²) >= 11 is 0. The summed E-state index contributed by atoms with van der Waals surface area (Å²) in [6.45, 7) is 7.05. The number of carbonyl (C=O) groups excluding carboxylic acids is 2. The largest absolute Gasteiger partial charge is 0.486 e. The Morgan fingerprint density at radius 3 is 2.36 bits per heavy atom. The average Bonchev–Trinajstić information content (AvgIpc) is 2.66. The Bertz CT molecular complexity index is 852. The summed E-state index contributed by atoms with van der Waals surface area (Å²) in [5, 5.41) is 2.73. The van der Waals surface area contributed by atoms with Crippen LogP contribution in [0.1, 0.15) is 31.9 Å². The Labute approximate surface area is 164 Å². The zero-order valence-electron chi connectivity index (χ0n) is 16.4. The van der Waals surface area contributed by atoms with Gasteiger partial charge in [0.25, 0.3) is 5.91 Å². The zero-order valence-corrected chi connectivity index (χ0v) is 16.4. The van der Waals surface area contributed by atoms with Gasteiger partial charge >= 0.3 is 5.97 Å². The van der Waals surface area contributed by atoms with E-state index in [9.17, 15) is 9.59 Å². The highest BCUT2D eigenvalue weighted by molar-refractivity contribution is 5.92. The Hall–Kier alpha value is -3.02. The molecule has 0 fully saturated rings. The smallest absolute Gasteiger partial charge is 0.310 e. The second-order valence-electron chi connectivity index (χ2n) is 7.69. The first-order valence-corrected chi connectivity index (χ1v) is 9.26. The van der Waals surface area contributed by atoms with Gasteiger partial charge in [-0.25, -0.2) is 0 Å². The number of esters is 1. The molecule has 1 amide bonds. The first-order chi connectivity index (χ1) is 13.3. The van der Waals surface area contributed by atoms with E-state index >= 15 is 0 Å². The molecular formula is C22H25NO5. The number of hydrogen-bond donors (Lipinski definition) is 1. The lowest BCUT2D eigenvalue weighted by Crippen LogP contribution is -2.22. The SMILES string of the molecule is CC(C)(C)c1ccc(NC(=O)COC(=O)Cc2ccc3c(c2)OCCO3)cc1. The first-order valence-electron chi connectivity index (χ1n) is 9.26. The molecule has 0 radical (unpaired) electrons. The van der Waals surface area contributed by atoms with Gasteiger partial charge < -0.3 is 19.5 Å². The lowest BCUT2D eigenvalue weighted by atomic mass is 9.87. The highest BCUT2D eigenvalue weighted by atomic mass is 16.6. The van der Waals surface area contributed by atoms with Crippen molar-refractivity contribution in [3.63, 3.8) is 0 Å². The molecule has 6 heteroatoms. The molecule has 0 aromatic heterocycles. The van der Waals surface area contributed by atoms with E-state index in [2.05, 4.69) is 26.1 Å². The third kappa shape index (κ3) is 5.25. The van der Waals surface area contributed by atoms with Gasteiger partial charge in [0.15, 0.2) is 18.1 Å². The van der Waals surface area contributed by atoms with Crippen LogP contribution in [-0.2, 0) is 26.2 Å². The Balaban J connectivity index is 1.47. The molecule has 0 saturated carbocycles. The number of ether oxygens (including phenoxy) is 3. The summed E-state index contributed by atoms with van der Waals surface area (Å²) in [4.78, 5) is 24.0. The highest BCUT2D eigenvalue weighted by Crippen LogP contribution is 2.31. The zero-order chi connectivity index (χ0) is 20.1. The molecule has 1 heterocycles. The van der Waals surface area contributed by atoms with Crippen LogP contribution in [0, 0.1) is 0 Å². The average molecular weight is 383 g/mol. The van der Waals surface area contributed by atoms with Crippen LogP contribution in [0.2, 0.25) is 0 Å². The summed E-state index contributed by atoms with van der Waals surface area (Å²) in [5.74, 6) is 0.433. The van der Waals surface area contributed by atoms with Gasteiger partial charge in [0.2, 0.25) is 0 Å². The van der Waals surface area contributed by atoms with Gasteiger partial charge in [0, 0.05) is 5.69 Å². The van der Waals surface area contributed by atoms with E-state index in [1.54, 1.807) is 18.2 Å². The predicted octanol–water partition coefficient (Wildman–Crippen LogP) is 3.48. The number of benzene rings is 2. The molecule has 1 N–H and O–H groups in total. The maximum absolute atomic E-state index is 12.0. The van der Waals surface area contributed by atoms with Crippen LogP contribution in [0.25, 0.3) is 0 Å². The molecular weight excluding hydrogens is 358 g/mol. The van der Waals surface area contributed by atoms with E-state index in [-0.39, 0.29) is 24.3 Å².